The number of piperidine rings is 3. The highest BCUT2D eigenvalue weighted by atomic mass is 35.5. The molecule has 0 spiro atoms. The molecule has 29 heteroatoms. The molecule has 2 unspecified atom stereocenters. The minimum Gasteiger partial charge on any atom is -0.495 e. The number of fused-ring (bicyclic) bond motifs is 3. The zero-order chi connectivity index (χ0) is 83.2. The Morgan fingerprint density at radius 3 is 1.25 bits per heavy atom. The quantitative estimate of drug-likeness (QED) is 0.0521. The third-order valence-electron chi connectivity index (χ3n) is 20.8. The molecule has 4 atom stereocenters. The Bertz CT molecular complexity index is 5640. The van der Waals surface area contributed by atoms with Gasteiger partial charge in [0, 0.05) is 87.5 Å². The SMILES string of the molecule is C=CC(=O)N1CCCC(n2nc(-c3ccc(Oc4cccc(OC)c4F)cc3)c3cncc(OCCN)c32)C1.C=CC(=O)N1CCC[C@@H](n2nc(-c3ccc(Oc4cccc(OC)c4Cl)cc3)c3cncc(OC(C)C)c32)C1.C=CC(=O)N1CCC[C@@H](n2nc(-c3ccc(Oc4cccc(OC)c4Cl)cc3)c3cncc(OC4CCOC4)c32)C1. The summed E-state index contributed by atoms with van der Waals surface area (Å²) in [6.45, 7) is 20.5. The van der Waals surface area contributed by atoms with Crippen LogP contribution in [0.4, 0.5) is 4.39 Å². The van der Waals surface area contributed by atoms with E-state index < -0.39 is 5.82 Å². The molecule has 119 heavy (non-hydrogen) atoms. The van der Waals surface area contributed by atoms with E-state index in [-0.39, 0.29) is 59.6 Å². The van der Waals surface area contributed by atoms with Crippen LogP contribution in [-0.4, -0.2) is 176 Å². The average molecular weight is 1650 g/mol. The third-order valence-corrected chi connectivity index (χ3v) is 21.6. The first-order valence-electron chi connectivity index (χ1n) is 39.4. The largest absolute Gasteiger partial charge is 0.495 e. The average Bonchev–Trinajstić information content (AvgIpc) is 1.62. The van der Waals surface area contributed by atoms with Gasteiger partial charge in [-0.05, 0) is 180 Å². The van der Waals surface area contributed by atoms with Crippen LogP contribution in [0.3, 0.4) is 0 Å². The normalized spacial score (nSPS) is 16.5. The molecular weight excluding hydrogens is 1560 g/mol. The number of methoxy groups -OCH3 is 3. The van der Waals surface area contributed by atoms with E-state index in [0.29, 0.717) is 139 Å². The Hall–Kier alpha value is -12.6. The van der Waals surface area contributed by atoms with Crippen LogP contribution in [0.1, 0.15) is 76.9 Å². The maximum Gasteiger partial charge on any atom is 0.246 e. The van der Waals surface area contributed by atoms with E-state index in [1.165, 1.54) is 31.4 Å². The van der Waals surface area contributed by atoms with Gasteiger partial charge in [-0.15, -0.1) is 0 Å². The summed E-state index contributed by atoms with van der Waals surface area (Å²) in [5.41, 5.74) is 13.1. The number of likely N-dealkylation sites (tertiary alicyclic amines) is 3. The molecule has 16 rings (SSSR count). The van der Waals surface area contributed by atoms with Crippen molar-refractivity contribution in [3.63, 3.8) is 0 Å². The second kappa shape index (κ2) is 38.2. The summed E-state index contributed by atoms with van der Waals surface area (Å²) in [6.07, 6.45) is 20.6. The van der Waals surface area contributed by atoms with E-state index in [4.69, 9.17) is 91.6 Å². The van der Waals surface area contributed by atoms with E-state index in [0.717, 1.165) is 106 Å². The van der Waals surface area contributed by atoms with Crippen LogP contribution in [0.25, 0.3) is 66.5 Å². The lowest BCUT2D eigenvalue weighted by molar-refractivity contribution is -0.128. The van der Waals surface area contributed by atoms with Crippen molar-refractivity contribution in [2.75, 3.05) is 87.0 Å². The molecule has 0 bridgehead atoms. The van der Waals surface area contributed by atoms with Crippen molar-refractivity contribution in [2.24, 2.45) is 5.73 Å². The molecule has 6 aromatic heterocycles. The van der Waals surface area contributed by atoms with Crippen molar-refractivity contribution in [1.82, 2.24) is 59.0 Å². The van der Waals surface area contributed by atoms with Crippen molar-refractivity contribution in [2.45, 2.75) is 89.1 Å². The molecule has 4 fully saturated rings. The lowest BCUT2D eigenvalue weighted by Gasteiger charge is -2.32. The molecule has 0 saturated carbocycles. The fourth-order valence-corrected chi connectivity index (χ4v) is 15.6. The molecule has 10 heterocycles. The zero-order valence-electron chi connectivity index (χ0n) is 66.7. The Kier molecular flexibility index (Phi) is 26.7. The minimum absolute atomic E-state index is 0.00591. The smallest absolute Gasteiger partial charge is 0.246 e. The number of carbonyl (C=O) groups excluding carboxylic acids is 3. The number of carbonyl (C=O) groups is 3. The van der Waals surface area contributed by atoms with Crippen LogP contribution in [0.15, 0.2) is 203 Å². The molecule has 12 aromatic rings. The molecule has 6 aromatic carbocycles. The number of rotatable bonds is 25. The number of pyridine rings is 3. The van der Waals surface area contributed by atoms with Crippen molar-refractivity contribution in [3.8, 4) is 103 Å². The summed E-state index contributed by atoms with van der Waals surface area (Å²) in [5, 5.41) is 18.6. The number of hydrogen-bond acceptors (Lipinski definition) is 20. The standard InChI is InChI=1S/C31H31ClN4O5.C30H31ClN4O4.C29H30FN5O4/c1-3-28(37)35-14-5-6-21(18-35)36-31-24(16-33-17-27(31)41-23-13-15-39-19-23)30(34-36)20-9-11-22(12-10-20)40-26-8-4-7-25(38-2)29(26)32;1-5-27(36)34-15-7-8-21(18-34)35-30-23(16-32-17-26(30)38-19(2)3)29(33-35)20-11-13-22(14-12-20)39-25-10-6-9-24(37-4)28(25)31;1-3-26(36)34-14-5-6-20(18-34)35-29-22(16-32-17-25(29)38-15-13-31)28(33-35)19-9-11-21(12-10-19)39-24-8-4-7-23(37-2)27(24)30/h3-4,7-12,16-17,21,23H,1,5-6,13-15,18-19H2,2H3;5-6,9-14,16-17,19,21H,1,7-8,15,18H2,2-4H3;3-4,7-12,16-17,20H,1,5-6,13-15,18,31H2,2H3/t21-,23?;21-;/m11./s1. The number of halogens is 3. The maximum atomic E-state index is 14.6. The van der Waals surface area contributed by atoms with Crippen molar-refractivity contribution >= 4 is 73.6 Å². The van der Waals surface area contributed by atoms with E-state index in [2.05, 4.69) is 34.7 Å². The Balaban J connectivity index is 0.000000146. The van der Waals surface area contributed by atoms with Crippen LogP contribution in [0, 0.1) is 5.82 Å². The third kappa shape index (κ3) is 18.6. The number of amides is 3. The second-order valence-electron chi connectivity index (χ2n) is 28.9. The first kappa shape index (κ1) is 82.9. The molecule has 3 amide bonds. The monoisotopic (exact) mass is 1650 g/mol. The van der Waals surface area contributed by atoms with Crippen molar-refractivity contribution < 1.29 is 66.1 Å². The number of benzene rings is 6. The predicted octanol–water partition coefficient (Wildman–Crippen LogP) is 17.5. The Morgan fingerprint density at radius 2 is 0.866 bits per heavy atom. The van der Waals surface area contributed by atoms with Crippen LogP contribution >= 0.6 is 23.2 Å². The van der Waals surface area contributed by atoms with Gasteiger partial charge in [0.2, 0.25) is 23.5 Å². The molecule has 4 aliphatic rings. The Labute approximate surface area is 697 Å². The summed E-state index contributed by atoms with van der Waals surface area (Å²) in [4.78, 5) is 56.0. The lowest BCUT2D eigenvalue weighted by Crippen LogP contribution is -2.40. The highest BCUT2D eigenvalue weighted by molar-refractivity contribution is 6.34. The van der Waals surface area contributed by atoms with Crippen LogP contribution in [-0.2, 0) is 19.1 Å². The van der Waals surface area contributed by atoms with Crippen molar-refractivity contribution in [1.29, 1.82) is 0 Å². The van der Waals surface area contributed by atoms with E-state index in [9.17, 15) is 18.8 Å². The summed E-state index contributed by atoms with van der Waals surface area (Å²) in [6, 6.07) is 38.0. The van der Waals surface area contributed by atoms with E-state index >= 15 is 0 Å². The minimum atomic E-state index is -0.568. The molecular formula is C90H92Cl2FN13O13. The van der Waals surface area contributed by atoms with Gasteiger partial charge in [-0.25, -0.2) is 0 Å². The first-order valence-corrected chi connectivity index (χ1v) is 40.1. The fraction of sp³-hybridized carbons (Fsp3) is 0.300. The van der Waals surface area contributed by atoms with E-state index in [1.807, 2.05) is 123 Å². The number of nitrogens with zero attached hydrogens (tertiary/aromatic N) is 12. The van der Waals surface area contributed by atoms with Gasteiger partial charge in [0.1, 0.15) is 96.6 Å². The molecule has 4 aliphatic heterocycles. The maximum absolute atomic E-state index is 14.6. The second-order valence-corrected chi connectivity index (χ2v) is 29.7. The van der Waals surface area contributed by atoms with Gasteiger partial charge in [0.05, 0.1) is 93.5 Å². The highest BCUT2D eigenvalue weighted by Gasteiger charge is 2.34. The summed E-state index contributed by atoms with van der Waals surface area (Å²) >= 11 is 12.8. The molecule has 2 N–H and O–H groups in total. The number of ether oxygens (including phenoxy) is 10. The molecule has 4 saturated heterocycles. The number of nitrogens with two attached hydrogens (primary N) is 1. The number of aromatic nitrogens is 9. The fourth-order valence-electron chi connectivity index (χ4n) is 15.1. The van der Waals surface area contributed by atoms with Gasteiger partial charge in [-0.1, -0.05) is 61.1 Å². The molecule has 0 radical (unpaired) electrons. The molecule has 26 nitrogen and oxygen atoms in total. The topological polar surface area (TPSA) is 271 Å². The van der Waals surface area contributed by atoms with Gasteiger partial charge in [0.25, 0.3) is 0 Å². The van der Waals surface area contributed by atoms with Crippen LogP contribution < -0.4 is 48.4 Å². The lowest BCUT2D eigenvalue weighted by atomic mass is 10.1. The van der Waals surface area contributed by atoms with Crippen LogP contribution in [0.2, 0.25) is 10.0 Å². The Morgan fingerprint density at radius 1 is 0.496 bits per heavy atom. The summed E-state index contributed by atoms with van der Waals surface area (Å²) < 4.78 is 78.0. The van der Waals surface area contributed by atoms with Gasteiger partial charge in [0.15, 0.2) is 28.7 Å². The van der Waals surface area contributed by atoms with Gasteiger partial charge < -0.3 is 67.8 Å². The van der Waals surface area contributed by atoms with E-state index in [1.54, 1.807) is 92.4 Å². The summed E-state index contributed by atoms with van der Waals surface area (Å²) in [5.74, 6) is 5.11. The molecule has 0 aliphatic carbocycles. The first-order chi connectivity index (χ1) is 58.0. The van der Waals surface area contributed by atoms with Gasteiger partial charge in [-0.2, -0.15) is 19.7 Å². The summed E-state index contributed by atoms with van der Waals surface area (Å²) in [7, 11) is 4.54. The predicted molar refractivity (Wildman–Crippen MR) is 453 cm³/mol. The van der Waals surface area contributed by atoms with Gasteiger partial charge >= 0.3 is 0 Å². The molecule has 616 valence electrons. The van der Waals surface area contributed by atoms with Gasteiger partial charge in [-0.3, -0.25) is 43.4 Å². The van der Waals surface area contributed by atoms with Crippen molar-refractivity contribution in [3.05, 3.63) is 218 Å². The highest BCUT2D eigenvalue weighted by Crippen LogP contribution is 2.45. The van der Waals surface area contributed by atoms with Crippen LogP contribution in [0.5, 0.6) is 69.0 Å². The zero-order valence-corrected chi connectivity index (χ0v) is 68.2. The number of hydrogen-bond donors (Lipinski definition) is 1.